The van der Waals surface area contributed by atoms with Gasteiger partial charge in [0.25, 0.3) is 5.91 Å². The number of carbonyl (C=O) groups excluding carboxylic acids is 3. The van der Waals surface area contributed by atoms with Crippen LogP contribution >= 0.6 is 11.6 Å². The fraction of sp³-hybridized carbons (Fsp3) is 0.261. The first-order valence-corrected chi connectivity index (χ1v) is 9.97. The number of imide groups is 1. The molecule has 1 fully saturated rings. The Hall–Kier alpha value is -2.92. The number of carbonyl (C=O) groups is 3. The monoisotopic (exact) mass is 408 g/mol. The second kappa shape index (κ2) is 7.48. The van der Waals surface area contributed by atoms with Gasteiger partial charge < -0.3 is 5.32 Å². The number of nitrogens with zero attached hydrogens (tertiary/aromatic N) is 1. The molecule has 6 heteroatoms. The van der Waals surface area contributed by atoms with E-state index in [1.165, 1.54) is 4.90 Å². The largest absolute Gasteiger partial charge is 0.322 e. The van der Waals surface area contributed by atoms with Crippen molar-refractivity contribution in [3.8, 4) is 0 Å². The quantitative estimate of drug-likeness (QED) is 0.596. The van der Waals surface area contributed by atoms with E-state index in [1.54, 1.807) is 36.4 Å². The summed E-state index contributed by atoms with van der Waals surface area (Å²) in [5.41, 5.74) is 2.04. The number of anilines is 2. The van der Waals surface area contributed by atoms with Gasteiger partial charge in [0.05, 0.1) is 23.1 Å². The second-order valence-corrected chi connectivity index (χ2v) is 8.03. The smallest absolute Gasteiger partial charge is 0.257 e. The highest BCUT2D eigenvalue weighted by Crippen LogP contribution is 2.41. The van der Waals surface area contributed by atoms with Crippen LogP contribution in [0.5, 0.6) is 0 Å². The number of fused-ring (bicyclic) bond motifs is 1. The van der Waals surface area contributed by atoms with Gasteiger partial charge in [0.2, 0.25) is 11.8 Å². The lowest BCUT2D eigenvalue weighted by Crippen LogP contribution is -2.33. The predicted molar refractivity (Wildman–Crippen MR) is 113 cm³/mol. The molecule has 0 radical (unpaired) electrons. The maximum absolute atomic E-state index is 13.1. The van der Waals surface area contributed by atoms with Gasteiger partial charge in [-0.1, -0.05) is 48.9 Å². The lowest BCUT2D eigenvalue weighted by Gasteiger charge is -2.22. The zero-order valence-corrected chi connectivity index (χ0v) is 16.9. The molecule has 0 bridgehead atoms. The third-order valence-electron chi connectivity index (χ3n) is 5.71. The Morgan fingerprint density at radius 2 is 1.90 bits per heavy atom. The van der Waals surface area contributed by atoms with Crippen LogP contribution in [0.15, 0.2) is 54.6 Å². The van der Waals surface area contributed by atoms with Crippen LogP contribution < -0.4 is 10.2 Å². The number of rotatable bonds is 3. The highest BCUT2D eigenvalue weighted by molar-refractivity contribution is 6.31. The van der Waals surface area contributed by atoms with Crippen molar-refractivity contribution < 1.29 is 14.4 Å². The molecule has 29 heavy (non-hydrogen) atoms. The lowest BCUT2D eigenvalue weighted by atomic mass is 9.78. The molecule has 3 amide bonds. The second-order valence-electron chi connectivity index (χ2n) is 7.60. The van der Waals surface area contributed by atoms with Gasteiger partial charge in [0.15, 0.2) is 0 Å². The molecule has 0 saturated carbocycles. The van der Waals surface area contributed by atoms with Crippen LogP contribution in [-0.4, -0.2) is 17.7 Å². The molecule has 1 N–H and O–H groups in total. The first-order valence-electron chi connectivity index (χ1n) is 9.59. The lowest BCUT2D eigenvalue weighted by molar-refractivity contribution is -0.122. The number of hydrogen-bond acceptors (Lipinski definition) is 3. The molecule has 1 heterocycles. The van der Waals surface area contributed by atoms with E-state index in [4.69, 9.17) is 11.6 Å². The van der Waals surface area contributed by atoms with Gasteiger partial charge in [0, 0.05) is 10.7 Å². The van der Waals surface area contributed by atoms with Crippen LogP contribution in [0.4, 0.5) is 11.4 Å². The van der Waals surface area contributed by atoms with Crippen molar-refractivity contribution in [1.29, 1.82) is 0 Å². The molecule has 5 nitrogen and oxygen atoms in total. The van der Waals surface area contributed by atoms with Crippen molar-refractivity contribution in [1.82, 2.24) is 0 Å². The first kappa shape index (κ1) is 19.4. The van der Waals surface area contributed by atoms with Crippen molar-refractivity contribution in [2.24, 2.45) is 17.8 Å². The normalized spacial score (nSPS) is 23.3. The van der Waals surface area contributed by atoms with E-state index >= 15 is 0 Å². The summed E-state index contributed by atoms with van der Waals surface area (Å²) < 4.78 is 0. The number of nitrogens with one attached hydrogen (secondary N) is 1. The molecule has 4 rings (SSSR count). The molecule has 148 valence electrons. The minimum atomic E-state index is -0.396. The third-order valence-corrected chi connectivity index (χ3v) is 5.95. The van der Waals surface area contributed by atoms with Crippen LogP contribution in [0.25, 0.3) is 0 Å². The average molecular weight is 409 g/mol. The van der Waals surface area contributed by atoms with Crippen LogP contribution in [0, 0.1) is 24.7 Å². The highest BCUT2D eigenvalue weighted by atomic mass is 35.5. The maximum Gasteiger partial charge on any atom is 0.257 e. The number of benzene rings is 2. The third kappa shape index (κ3) is 3.36. The average Bonchev–Trinajstić information content (AvgIpc) is 2.96. The molecule has 0 aromatic heterocycles. The molecular weight excluding hydrogens is 388 g/mol. The summed E-state index contributed by atoms with van der Waals surface area (Å²) in [6.07, 6.45) is 4.49. The standard InChI is InChI=1S/C23H21ClN2O3/c1-13-10-11-15(24)12-18(13)25-21(27)16-7-3-4-9-19(16)26-22(28)17-8-5-6-14(2)20(17)23(26)29/h3-7,9-12,14,17,20H,8H2,1-2H3,(H,25,27)/t14-,17+,20+/m0/s1. The fourth-order valence-electron chi connectivity index (χ4n) is 4.16. The summed E-state index contributed by atoms with van der Waals surface area (Å²) in [5.74, 6) is -1.63. The van der Waals surface area contributed by atoms with E-state index in [-0.39, 0.29) is 35.1 Å². The van der Waals surface area contributed by atoms with Crippen molar-refractivity contribution in [3.05, 3.63) is 70.8 Å². The molecule has 1 aliphatic heterocycles. The molecule has 1 aliphatic carbocycles. The summed E-state index contributed by atoms with van der Waals surface area (Å²) >= 11 is 6.05. The van der Waals surface area contributed by atoms with Gasteiger partial charge >= 0.3 is 0 Å². The Bertz CT molecular complexity index is 1050. The van der Waals surface area contributed by atoms with Gasteiger partial charge in [-0.15, -0.1) is 0 Å². The summed E-state index contributed by atoms with van der Waals surface area (Å²) in [4.78, 5) is 40.4. The van der Waals surface area contributed by atoms with E-state index < -0.39 is 5.91 Å². The molecule has 2 aliphatic rings. The minimum absolute atomic E-state index is 0.00898. The topological polar surface area (TPSA) is 66.5 Å². The van der Waals surface area contributed by atoms with E-state index in [2.05, 4.69) is 5.32 Å². The van der Waals surface area contributed by atoms with E-state index in [9.17, 15) is 14.4 Å². The molecular formula is C23H21ClN2O3. The SMILES string of the molecule is Cc1ccc(Cl)cc1NC(=O)c1ccccc1N1C(=O)[C@@H]2[C@@H](C)C=CC[C@H]2C1=O. The Kier molecular flexibility index (Phi) is 5.01. The zero-order chi connectivity index (χ0) is 20.7. The summed E-state index contributed by atoms with van der Waals surface area (Å²) in [6.45, 7) is 3.81. The van der Waals surface area contributed by atoms with E-state index in [0.717, 1.165) is 5.56 Å². The molecule has 2 aromatic rings. The number of aryl methyl sites for hydroxylation is 1. The van der Waals surface area contributed by atoms with Crippen LogP contribution in [0.2, 0.25) is 5.02 Å². The number of halogens is 1. The highest BCUT2D eigenvalue weighted by Gasteiger charge is 2.51. The summed E-state index contributed by atoms with van der Waals surface area (Å²) in [7, 11) is 0. The van der Waals surface area contributed by atoms with Gasteiger partial charge in [-0.25, -0.2) is 4.90 Å². The number of hydrogen-bond donors (Lipinski definition) is 1. The van der Waals surface area contributed by atoms with Gasteiger partial charge in [-0.05, 0) is 49.1 Å². The van der Waals surface area contributed by atoms with Crippen molar-refractivity contribution in [2.75, 3.05) is 10.2 Å². The van der Waals surface area contributed by atoms with Crippen molar-refractivity contribution in [2.45, 2.75) is 20.3 Å². The Morgan fingerprint density at radius 1 is 1.14 bits per heavy atom. The van der Waals surface area contributed by atoms with Crippen LogP contribution in [-0.2, 0) is 9.59 Å². The van der Waals surface area contributed by atoms with Crippen LogP contribution in [0.3, 0.4) is 0 Å². The fourth-order valence-corrected chi connectivity index (χ4v) is 4.34. The van der Waals surface area contributed by atoms with Gasteiger partial charge in [-0.3, -0.25) is 14.4 Å². The Balaban J connectivity index is 1.69. The number of para-hydroxylation sites is 1. The maximum atomic E-state index is 13.1. The Labute approximate surface area is 174 Å². The zero-order valence-electron chi connectivity index (χ0n) is 16.2. The number of allylic oxidation sites excluding steroid dienone is 2. The Morgan fingerprint density at radius 3 is 2.66 bits per heavy atom. The molecule has 2 aromatic carbocycles. The van der Waals surface area contributed by atoms with E-state index in [0.29, 0.717) is 22.8 Å². The van der Waals surface area contributed by atoms with E-state index in [1.807, 2.05) is 32.1 Å². The predicted octanol–water partition coefficient (Wildman–Crippen LogP) is 4.60. The molecule has 0 spiro atoms. The van der Waals surface area contributed by atoms with Gasteiger partial charge in [-0.2, -0.15) is 0 Å². The summed E-state index contributed by atoms with van der Waals surface area (Å²) in [6, 6.07) is 11.9. The molecule has 0 unspecified atom stereocenters. The van der Waals surface area contributed by atoms with Crippen molar-refractivity contribution >= 4 is 40.7 Å². The summed E-state index contributed by atoms with van der Waals surface area (Å²) in [5, 5.41) is 3.36. The van der Waals surface area contributed by atoms with Crippen LogP contribution in [0.1, 0.15) is 29.3 Å². The minimum Gasteiger partial charge on any atom is -0.322 e. The van der Waals surface area contributed by atoms with Crippen molar-refractivity contribution in [3.63, 3.8) is 0 Å². The van der Waals surface area contributed by atoms with Gasteiger partial charge in [0.1, 0.15) is 0 Å². The first-order chi connectivity index (χ1) is 13.9. The number of amides is 3. The molecule has 3 atom stereocenters. The molecule has 1 saturated heterocycles.